The molecule has 1 spiro atoms. The van der Waals surface area contributed by atoms with Crippen molar-refractivity contribution in [2.24, 2.45) is 0 Å². The molecule has 4 heterocycles. The Kier molecular flexibility index (Phi) is 5.42. The highest BCUT2D eigenvalue weighted by atomic mass is 16.5. The molecule has 1 aliphatic carbocycles. The van der Waals surface area contributed by atoms with Crippen molar-refractivity contribution in [2.75, 3.05) is 13.2 Å². The second-order valence-corrected chi connectivity index (χ2v) is 8.73. The number of hydrogen-bond donors (Lipinski definition) is 2. The number of aromatic nitrogens is 4. The lowest BCUT2D eigenvalue weighted by atomic mass is 9.97. The smallest absolute Gasteiger partial charge is 0.275 e. The average Bonchev–Trinajstić information content (AvgIpc) is 3.43. The topological polar surface area (TPSA) is 111 Å². The van der Waals surface area contributed by atoms with E-state index in [1.165, 1.54) is 10.9 Å². The maximum absolute atomic E-state index is 12.6. The lowest BCUT2D eigenvalue weighted by molar-refractivity contribution is 0.0935. The third kappa shape index (κ3) is 3.66. The lowest BCUT2D eigenvalue weighted by Gasteiger charge is -2.32. The van der Waals surface area contributed by atoms with Gasteiger partial charge in [0.15, 0.2) is 11.4 Å². The fourth-order valence-corrected chi connectivity index (χ4v) is 4.96. The molecule has 9 nitrogen and oxygen atoms in total. The van der Waals surface area contributed by atoms with Gasteiger partial charge < -0.3 is 19.7 Å². The Hall–Kier alpha value is -3.20. The highest BCUT2D eigenvalue weighted by Gasteiger charge is 2.38. The molecule has 0 radical (unpaired) electrons. The van der Waals surface area contributed by atoms with Crippen molar-refractivity contribution in [2.45, 2.75) is 57.2 Å². The quantitative estimate of drug-likeness (QED) is 0.558. The molecule has 1 fully saturated rings. The summed E-state index contributed by atoms with van der Waals surface area (Å²) in [4.78, 5) is 29.7. The van der Waals surface area contributed by atoms with E-state index in [1.807, 2.05) is 12.3 Å². The highest BCUT2D eigenvalue weighted by Crippen LogP contribution is 2.40. The number of nitrogens with zero attached hydrogens (tertiary/aromatic N) is 4. The summed E-state index contributed by atoms with van der Waals surface area (Å²) in [6, 6.07) is 4.08. The van der Waals surface area contributed by atoms with Crippen LogP contribution in [-0.4, -0.2) is 43.5 Å². The van der Waals surface area contributed by atoms with Gasteiger partial charge in [-0.1, -0.05) is 12.8 Å². The zero-order valence-corrected chi connectivity index (χ0v) is 17.9. The van der Waals surface area contributed by atoms with Crippen molar-refractivity contribution in [1.82, 2.24) is 24.6 Å². The second kappa shape index (κ2) is 8.38. The molecule has 168 valence electrons. The van der Waals surface area contributed by atoms with Gasteiger partial charge in [0, 0.05) is 30.9 Å². The number of carbonyl (C=O) groups is 1. The van der Waals surface area contributed by atoms with Crippen molar-refractivity contribution in [3.8, 4) is 5.75 Å². The van der Waals surface area contributed by atoms with Crippen LogP contribution < -0.4 is 10.7 Å². The van der Waals surface area contributed by atoms with E-state index >= 15 is 0 Å². The minimum atomic E-state index is -0.752. The number of pyridine rings is 1. The molecule has 1 aliphatic heterocycles. The van der Waals surface area contributed by atoms with E-state index in [0.29, 0.717) is 32.7 Å². The molecule has 5 rings (SSSR count). The maximum Gasteiger partial charge on any atom is 0.275 e. The highest BCUT2D eigenvalue weighted by molar-refractivity contribution is 5.92. The summed E-state index contributed by atoms with van der Waals surface area (Å²) < 4.78 is 9.62. The van der Waals surface area contributed by atoms with Gasteiger partial charge in [0.2, 0.25) is 0 Å². The molecule has 3 aromatic rings. The number of rotatable bonds is 0. The van der Waals surface area contributed by atoms with Crippen molar-refractivity contribution < 1.29 is 14.6 Å². The predicted octanol–water partition coefficient (Wildman–Crippen LogP) is 2.31. The van der Waals surface area contributed by atoms with E-state index in [2.05, 4.69) is 32.2 Å². The zero-order chi connectivity index (χ0) is 22.1. The third-order valence-electron chi connectivity index (χ3n) is 6.60. The fourth-order valence-electron chi connectivity index (χ4n) is 4.96. The Bertz CT molecular complexity index is 1210. The van der Waals surface area contributed by atoms with E-state index in [-0.39, 0.29) is 11.2 Å². The first-order valence-corrected chi connectivity index (χ1v) is 11.2. The molecule has 2 N–H and O–H groups in total. The first-order valence-electron chi connectivity index (χ1n) is 11.2. The lowest BCUT2D eigenvalue weighted by Crippen LogP contribution is -2.38. The molecule has 1 amide bonds. The van der Waals surface area contributed by atoms with Gasteiger partial charge in [-0.2, -0.15) is 5.10 Å². The number of aromatic hydroxyl groups is 1. The van der Waals surface area contributed by atoms with Crippen LogP contribution in [0.3, 0.4) is 0 Å². The molecule has 9 heteroatoms. The summed E-state index contributed by atoms with van der Waals surface area (Å²) >= 11 is 0. The van der Waals surface area contributed by atoms with E-state index in [0.717, 1.165) is 48.7 Å². The SMILES string of the molecule is O=C1NCCCCOCc2ccnc3c2ccn3C2(CCCC2)Cn2cc(O)c(=O)c1n2. The number of ether oxygens (including phenoxy) is 1. The molecule has 2 aliphatic rings. The van der Waals surface area contributed by atoms with E-state index < -0.39 is 17.1 Å². The Labute approximate surface area is 185 Å². The minimum Gasteiger partial charge on any atom is -0.503 e. The number of fused-ring (bicyclic) bond motifs is 3. The van der Waals surface area contributed by atoms with Gasteiger partial charge >= 0.3 is 0 Å². The summed E-state index contributed by atoms with van der Waals surface area (Å²) in [6.45, 7) is 1.91. The average molecular weight is 438 g/mol. The Balaban J connectivity index is 1.64. The monoisotopic (exact) mass is 437 g/mol. The van der Waals surface area contributed by atoms with Crippen LogP contribution in [-0.2, 0) is 23.4 Å². The van der Waals surface area contributed by atoms with Gasteiger partial charge in [0.05, 0.1) is 24.9 Å². The van der Waals surface area contributed by atoms with Gasteiger partial charge in [-0.05, 0) is 43.4 Å². The van der Waals surface area contributed by atoms with Crippen molar-refractivity contribution in [3.05, 3.63) is 52.2 Å². The van der Waals surface area contributed by atoms with Crippen LogP contribution in [0.15, 0.2) is 35.5 Å². The van der Waals surface area contributed by atoms with Crippen LogP contribution in [0.2, 0.25) is 0 Å². The van der Waals surface area contributed by atoms with E-state index in [4.69, 9.17) is 4.74 Å². The summed E-state index contributed by atoms with van der Waals surface area (Å²) in [5, 5.41) is 18.4. The van der Waals surface area contributed by atoms with Crippen LogP contribution >= 0.6 is 0 Å². The third-order valence-corrected chi connectivity index (χ3v) is 6.60. The summed E-state index contributed by atoms with van der Waals surface area (Å²) in [5.74, 6) is -1.04. The molecular weight excluding hydrogens is 410 g/mol. The zero-order valence-electron chi connectivity index (χ0n) is 17.9. The first kappa shape index (κ1) is 20.7. The largest absolute Gasteiger partial charge is 0.503 e. The Morgan fingerprint density at radius 3 is 2.81 bits per heavy atom. The van der Waals surface area contributed by atoms with Crippen LogP contribution in [0.1, 0.15) is 54.6 Å². The normalized spacial score (nSPS) is 19.3. The molecule has 1 saturated carbocycles. The maximum atomic E-state index is 12.6. The fraction of sp³-hybridized carbons (Fsp3) is 0.478. The number of nitrogens with one attached hydrogen (secondary N) is 1. The molecular formula is C23H27N5O4. The molecule has 0 atom stereocenters. The number of carbonyl (C=O) groups excluding carboxylic acids is 1. The standard InChI is InChI=1S/C23H27N5O4/c29-18-13-27-15-23(7-1-2-8-23)28-11-6-17-16(5-10-24-21(17)28)14-32-12-4-3-9-25-22(31)19(26-27)20(18)30/h5-6,10-11,13,29H,1-4,7-9,12,14-15H2,(H,25,31). The van der Waals surface area contributed by atoms with Gasteiger partial charge in [0.25, 0.3) is 11.3 Å². The Morgan fingerprint density at radius 1 is 1.12 bits per heavy atom. The number of hydrogen-bond acceptors (Lipinski definition) is 6. The molecule has 6 bridgehead atoms. The van der Waals surface area contributed by atoms with Gasteiger partial charge in [-0.25, -0.2) is 4.98 Å². The molecule has 0 aromatic carbocycles. The molecule has 0 saturated heterocycles. The molecule has 3 aromatic heterocycles. The second-order valence-electron chi connectivity index (χ2n) is 8.73. The van der Waals surface area contributed by atoms with Crippen LogP contribution in [0, 0.1) is 0 Å². The Morgan fingerprint density at radius 2 is 1.97 bits per heavy atom. The van der Waals surface area contributed by atoms with E-state index in [9.17, 15) is 14.7 Å². The number of amides is 1. The summed E-state index contributed by atoms with van der Waals surface area (Å²) in [6.07, 6.45) is 10.6. The van der Waals surface area contributed by atoms with Crippen molar-refractivity contribution in [3.63, 3.8) is 0 Å². The molecule has 32 heavy (non-hydrogen) atoms. The van der Waals surface area contributed by atoms with Gasteiger partial charge in [-0.15, -0.1) is 0 Å². The van der Waals surface area contributed by atoms with Crippen molar-refractivity contribution in [1.29, 1.82) is 0 Å². The van der Waals surface area contributed by atoms with Gasteiger partial charge in [-0.3, -0.25) is 14.3 Å². The summed E-state index contributed by atoms with van der Waals surface area (Å²) in [5.41, 5.74) is 0.640. The van der Waals surface area contributed by atoms with Crippen LogP contribution in [0.5, 0.6) is 5.75 Å². The minimum absolute atomic E-state index is 0.281. The molecule has 0 unspecified atom stereocenters. The predicted molar refractivity (Wildman–Crippen MR) is 118 cm³/mol. The summed E-state index contributed by atoms with van der Waals surface area (Å²) in [7, 11) is 0. The van der Waals surface area contributed by atoms with Gasteiger partial charge in [0.1, 0.15) is 5.65 Å². The van der Waals surface area contributed by atoms with Crippen LogP contribution in [0.4, 0.5) is 0 Å². The van der Waals surface area contributed by atoms with Crippen LogP contribution in [0.25, 0.3) is 11.0 Å². The van der Waals surface area contributed by atoms with E-state index in [1.54, 1.807) is 0 Å². The first-order chi connectivity index (χ1) is 15.6. The van der Waals surface area contributed by atoms with Crippen molar-refractivity contribution >= 4 is 16.9 Å².